The lowest BCUT2D eigenvalue weighted by molar-refractivity contribution is 0.0376. The van der Waals surface area contributed by atoms with Crippen LogP contribution in [0.4, 0.5) is 5.13 Å². The largest absolute Gasteiger partial charge is 0.497 e. The summed E-state index contributed by atoms with van der Waals surface area (Å²) < 4.78 is 11.7. The Bertz CT molecular complexity index is 1010. The Morgan fingerprint density at radius 3 is 2.68 bits per heavy atom. The van der Waals surface area contributed by atoms with Crippen molar-refractivity contribution in [2.24, 2.45) is 0 Å². The van der Waals surface area contributed by atoms with E-state index in [1.54, 1.807) is 36.3 Å². The highest BCUT2D eigenvalue weighted by atomic mass is 35.5. The van der Waals surface area contributed by atoms with Crippen LogP contribution in [0.5, 0.6) is 5.75 Å². The minimum absolute atomic E-state index is 0. The third-order valence-electron chi connectivity index (χ3n) is 5.11. The number of amides is 1. The molecule has 1 saturated heterocycles. The second-order valence-corrected chi connectivity index (χ2v) is 8.55. The number of thiazole rings is 1. The lowest BCUT2D eigenvalue weighted by Crippen LogP contribution is -2.39. The average molecular weight is 482 g/mol. The molecule has 0 spiro atoms. The third kappa shape index (κ3) is 5.87. The molecular formula is C22H25Cl2N3O3S. The lowest BCUT2D eigenvalue weighted by atomic mass is 10.2. The third-order valence-corrected chi connectivity index (χ3v) is 6.42. The fraction of sp³-hybridized carbons (Fsp3) is 0.364. The summed E-state index contributed by atoms with van der Waals surface area (Å²) in [6.07, 6.45) is 0.860. The van der Waals surface area contributed by atoms with Crippen molar-refractivity contribution in [2.45, 2.75) is 6.42 Å². The van der Waals surface area contributed by atoms with Gasteiger partial charge in [-0.2, -0.15) is 0 Å². The number of rotatable bonds is 7. The van der Waals surface area contributed by atoms with Crippen LogP contribution in [0, 0.1) is 0 Å². The Hall–Kier alpha value is -1.90. The van der Waals surface area contributed by atoms with E-state index in [0.717, 1.165) is 55.2 Å². The quantitative estimate of drug-likeness (QED) is 0.487. The molecule has 2 heterocycles. The summed E-state index contributed by atoms with van der Waals surface area (Å²) in [5.74, 6) is 0.682. The number of fused-ring (bicyclic) bond motifs is 1. The van der Waals surface area contributed by atoms with Crippen molar-refractivity contribution in [3.63, 3.8) is 0 Å². The van der Waals surface area contributed by atoms with Crippen molar-refractivity contribution in [1.29, 1.82) is 0 Å². The Balaban J connectivity index is 0.00000272. The summed E-state index contributed by atoms with van der Waals surface area (Å²) in [6.45, 7) is 4.93. The first-order valence-corrected chi connectivity index (χ1v) is 11.2. The smallest absolute Gasteiger partial charge is 0.260 e. The first-order valence-electron chi connectivity index (χ1n) is 9.96. The molecule has 9 heteroatoms. The van der Waals surface area contributed by atoms with Crippen molar-refractivity contribution >= 4 is 56.6 Å². The van der Waals surface area contributed by atoms with Crippen molar-refractivity contribution in [1.82, 2.24) is 9.88 Å². The zero-order valence-electron chi connectivity index (χ0n) is 17.3. The van der Waals surface area contributed by atoms with Crippen molar-refractivity contribution in [3.8, 4) is 5.75 Å². The zero-order valence-corrected chi connectivity index (χ0v) is 19.6. The topological polar surface area (TPSA) is 54.9 Å². The SMILES string of the molecule is COc1ccc2sc(N(CCCN3CCOCC3)C(=O)c3ccc(Cl)cc3)nc2c1.Cl. The number of nitrogens with zero attached hydrogens (tertiary/aromatic N) is 3. The van der Waals surface area contributed by atoms with Gasteiger partial charge in [-0.3, -0.25) is 14.6 Å². The van der Waals surface area contributed by atoms with E-state index in [0.29, 0.717) is 22.3 Å². The number of aromatic nitrogens is 1. The maximum atomic E-state index is 13.3. The van der Waals surface area contributed by atoms with Gasteiger partial charge in [0.25, 0.3) is 5.91 Å². The van der Waals surface area contributed by atoms with Gasteiger partial charge in [0, 0.05) is 42.8 Å². The van der Waals surface area contributed by atoms with Crippen molar-refractivity contribution in [3.05, 3.63) is 53.1 Å². The number of benzene rings is 2. The number of methoxy groups -OCH3 is 1. The number of halogens is 2. The van der Waals surface area contributed by atoms with Gasteiger partial charge < -0.3 is 9.47 Å². The standard InChI is InChI=1S/C22H24ClN3O3S.ClH/c1-28-18-7-8-20-19(15-18)24-22(30-20)26(10-2-9-25-11-13-29-14-12-25)21(27)16-3-5-17(23)6-4-16;/h3-8,15H,2,9-14H2,1H3;1H. The van der Waals surface area contributed by atoms with Crippen LogP contribution in [-0.2, 0) is 4.74 Å². The van der Waals surface area contributed by atoms with Crippen LogP contribution >= 0.6 is 35.3 Å². The predicted octanol–water partition coefficient (Wildman–Crippen LogP) is 4.75. The highest BCUT2D eigenvalue weighted by molar-refractivity contribution is 7.22. The van der Waals surface area contributed by atoms with E-state index in [9.17, 15) is 4.79 Å². The molecule has 3 aromatic rings. The summed E-state index contributed by atoms with van der Waals surface area (Å²) in [7, 11) is 1.64. The molecular weight excluding hydrogens is 457 g/mol. The fourth-order valence-corrected chi connectivity index (χ4v) is 4.54. The second-order valence-electron chi connectivity index (χ2n) is 7.10. The number of morpholine rings is 1. The van der Waals surface area contributed by atoms with Gasteiger partial charge in [0.05, 0.1) is 30.5 Å². The molecule has 1 fully saturated rings. The molecule has 0 saturated carbocycles. The Morgan fingerprint density at radius 1 is 1.23 bits per heavy atom. The second kappa shape index (κ2) is 11.1. The number of hydrogen-bond acceptors (Lipinski definition) is 6. The van der Waals surface area contributed by atoms with E-state index in [1.807, 2.05) is 18.2 Å². The van der Waals surface area contributed by atoms with Crippen LogP contribution in [0.2, 0.25) is 5.02 Å². The van der Waals surface area contributed by atoms with E-state index in [-0.39, 0.29) is 18.3 Å². The molecule has 1 amide bonds. The van der Waals surface area contributed by atoms with Crippen LogP contribution in [-0.4, -0.2) is 62.3 Å². The van der Waals surface area contributed by atoms with Gasteiger partial charge in [0.1, 0.15) is 5.75 Å². The molecule has 4 rings (SSSR count). The maximum absolute atomic E-state index is 13.3. The normalized spacial score (nSPS) is 14.3. The van der Waals surface area contributed by atoms with Crippen LogP contribution in [0.15, 0.2) is 42.5 Å². The predicted molar refractivity (Wildman–Crippen MR) is 128 cm³/mol. The molecule has 6 nitrogen and oxygen atoms in total. The van der Waals surface area contributed by atoms with Gasteiger partial charge in [0.2, 0.25) is 0 Å². The van der Waals surface area contributed by atoms with E-state index >= 15 is 0 Å². The van der Waals surface area contributed by atoms with E-state index < -0.39 is 0 Å². The molecule has 0 radical (unpaired) electrons. The molecule has 0 N–H and O–H groups in total. The molecule has 0 unspecified atom stereocenters. The van der Waals surface area contributed by atoms with Crippen LogP contribution in [0.3, 0.4) is 0 Å². The lowest BCUT2D eigenvalue weighted by Gasteiger charge is -2.27. The van der Waals surface area contributed by atoms with E-state index in [4.69, 9.17) is 26.1 Å². The van der Waals surface area contributed by atoms with Crippen LogP contribution in [0.1, 0.15) is 16.8 Å². The first kappa shape index (κ1) is 23.8. The molecule has 2 aromatic carbocycles. The number of ether oxygens (including phenoxy) is 2. The molecule has 0 bridgehead atoms. The highest BCUT2D eigenvalue weighted by Crippen LogP contribution is 2.32. The van der Waals surface area contributed by atoms with Crippen molar-refractivity contribution < 1.29 is 14.3 Å². The van der Waals surface area contributed by atoms with Crippen LogP contribution < -0.4 is 9.64 Å². The van der Waals surface area contributed by atoms with Gasteiger partial charge >= 0.3 is 0 Å². The average Bonchev–Trinajstić information content (AvgIpc) is 3.20. The molecule has 0 aliphatic carbocycles. The maximum Gasteiger partial charge on any atom is 0.260 e. The molecule has 0 atom stereocenters. The van der Waals surface area contributed by atoms with Gasteiger partial charge in [-0.1, -0.05) is 22.9 Å². The first-order chi connectivity index (χ1) is 14.6. The molecule has 31 heavy (non-hydrogen) atoms. The fourth-order valence-electron chi connectivity index (χ4n) is 3.45. The Kier molecular flexibility index (Phi) is 8.51. The molecule has 1 aliphatic rings. The number of hydrogen-bond donors (Lipinski definition) is 0. The van der Waals surface area contributed by atoms with Gasteiger partial charge in [0.15, 0.2) is 5.13 Å². The van der Waals surface area contributed by atoms with E-state index in [1.165, 1.54) is 11.3 Å². The minimum Gasteiger partial charge on any atom is -0.497 e. The van der Waals surface area contributed by atoms with Crippen molar-refractivity contribution in [2.75, 3.05) is 51.4 Å². The highest BCUT2D eigenvalue weighted by Gasteiger charge is 2.22. The number of anilines is 1. The van der Waals surface area contributed by atoms with E-state index in [2.05, 4.69) is 4.90 Å². The zero-order chi connectivity index (χ0) is 20.9. The number of carbonyl (C=O) groups is 1. The minimum atomic E-state index is -0.0698. The summed E-state index contributed by atoms with van der Waals surface area (Å²) in [6, 6.07) is 12.8. The van der Waals surface area contributed by atoms with Gasteiger partial charge in [-0.25, -0.2) is 4.98 Å². The summed E-state index contributed by atoms with van der Waals surface area (Å²) in [4.78, 5) is 22.2. The molecule has 166 valence electrons. The summed E-state index contributed by atoms with van der Waals surface area (Å²) in [5, 5.41) is 1.30. The van der Waals surface area contributed by atoms with Gasteiger partial charge in [-0.15, -0.1) is 12.4 Å². The molecule has 1 aromatic heterocycles. The van der Waals surface area contributed by atoms with Gasteiger partial charge in [-0.05, 0) is 42.8 Å². The Labute approximate surface area is 197 Å². The monoisotopic (exact) mass is 481 g/mol. The molecule has 1 aliphatic heterocycles. The number of carbonyl (C=O) groups excluding carboxylic acids is 1. The van der Waals surface area contributed by atoms with Crippen LogP contribution in [0.25, 0.3) is 10.2 Å². The summed E-state index contributed by atoms with van der Waals surface area (Å²) >= 11 is 7.52. The summed E-state index contributed by atoms with van der Waals surface area (Å²) in [5.41, 5.74) is 1.43. The Morgan fingerprint density at radius 2 is 1.97 bits per heavy atom.